The molecule has 1 fully saturated rings. The van der Waals surface area contributed by atoms with E-state index in [0.29, 0.717) is 5.56 Å². The highest BCUT2D eigenvalue weighted by Crippen LogP contribution is 2.17. The second-order valence-corrected chi connectivity index (χ2v) is 5.57. The zero-order valence-electron chi connectivity index (χ0n) is 10.6. The Balaban J connectivity index is 1.94. The predicted molar refractivity (Wildman–Crippen MR) is 74.4 cm³/mol. The van der Waals surface area contributed by atoms with Crippen molar-refractivity contribution in [1.82, 2.24) is 10.2 Å². The van der Waals surface area contributed by atoms with Gasteiger partial charge in [-0.25, -0.2) is 4.79 Å². The molecule has 1 aromatic heterocycles. The second kappa shape index (κ2) is 5.99. The number of carboxylic acid groups (broad SMARTS) is 1. The van der Waals surface area contributed by atoms with Gasteiger partial charge >= 0.3 is 5.97 Å². The van der Waals surface area contributed by atoms with Crippen LogP contribution in [-0.4, -0.2) is 48.1 Å². The summed E-state index contributed by atoms with van der Waals surface area (Å²) < 4.78 is 0. The predicted octanol–water partition coefficient (Wildman–Crippen LogP) is 1.28. The largest absolute Gasteiger partial charge is 0.478 e. The minimum Gasteiger partial charge on any atom is -0.478 e. The molecular formula is C13H16N2O3S. The second-order valence-electron chi connectivity index (χ2n) is 4.63. The van der Waals surface area contributed by atoms with Gasteiger partial charge in [-0.1, -0.05) is 0 Å². The van der Waals surface area contributed by atoms with Crippen molar-refractivity contribution in [3.63, 3.8) is 0 Å². The lowest BCUT2D eigenvalue weighted by Crippen LogP contribution is -2.36. The Labute approximate surface area is 115 Å². The molecule has 5 nitrogen and oxygen atoms in total. The molecule has 19 heavy (non-hydrogen) atoms. The topological polar surface area (TPSA) is 69.6 Å². The molecule has 0 bridgehead atoms. The van der Waals surface area contributed by atoms with E-state index in [4.69, 9.17) is 5.11 Å². The van der Waals surface area contributed by atoms with Crippen molar-refractivity contribution in [2.75, 3.05) is 20.1 Å². The fourth-order valence-corrected chi connectivity index (χ4v) is 2.81. The number of likely N-dealkylation sites (N-methyl/N-ethyl adjacent to an activating group) is 1. The van der Waals surface area contributed by atoms with Crippen molar-refractivity contribution in [2.24, 2.45) is 0 Å². The number of carbonyl (C=O) groups excluding carboxylic acids is 1. The summed E-state index contributed by atoms with van der Waals surface area (Å²) in [7, 11) is 2.03. The highest BCUT2D eigenvalue weighted by Gasteiger charge is 2.21. The number of likely N-dealkylation sites (tertiary alicyclic amines) is 1. The molecule has 102 valence electrons. The number of nitrogens with zero attached hydrogens (tertiary/aromatic N) is 1. The van der Waals surface area contributed by atoms with Gasteiger partial charge < -0.3 is 15.3 Å². The third-order valence-electron chi connectivity index (χ3n) is 3.00. The number of nitrogens with one attached hydrogen (secondary N) is 1. The van der Waals surface area contributed by atoms with Gasteiger partial charge in [0.05, 0.1) is 5.56 Å². The first kappa shape index (κ1) is 13.8. The molecular weight excluding hydrogens is 264 g/mol. The molecule has 0 spiro atoms. The Bertz CT molecular complexity index is 510. The molecule has 0 aromatic carbocycles. The van der Waals surface area contributed by atoms with E-state index in [1.807, 2.05) is 7.05 Å². The van der Waals surface area contributed by atoms with Crippen LogP contribution in [0.25, 0.3) is 6.08 Å². The quantitative estimate of drug-likeness (QED) is 0.815. The van der Waals surface area contributed by atoms with Crippen LogP contribution in [0.4, 0.5) is 0 Å². The van der Waals surface area contributed by atoms with Gasteiger partial charge in [-0.05, 0) is 32.2 Å². The molecule has 1 aliphatic heterocycles. The number of hydrogen-bond acceptors (Lipinski definition) is 4. The summed E-state index contributed by atoms with van der Waals surface area (Å²) in [4.78, 5) is 25.3. The minimum atomic E-state index is -0.992. The van der Waals surface area contributed by atoms with E-state index >= 15 is 0 Å². The maximum Gasteiger partial charge on any atom is 0.328 e. The number of carboxylic acids is 1. The Morgan fingerprint density at radius 2 is 2.37 bits per heavy atom. The lowest BCUT2D eigenvalue weighted by Gasteiger charge is -2.11. The van der Waals surface area contributed by atoms with E-state index in [-0.39, 0.29) is 11.9 Å². The number of rotatable bonds is 4. The van der Waals surface area contributed by atoms with Crippen LogP contribution >= 0.6 is 11.3 Å². The van der Waals surface area contributed by atoms with Crippen molar-refractivity contribution in [2.45, 2.75) is 12.5 Å². The van der Waals surface area contributed by atoms with E-state index in [9.17, 15) is 9.59 Å². The normalized spacial score (nSPS) is 19.9. The first-order valence-corrected chi connectivity index (χ1v) is 6.91. The lowest BCUT2D eigenvalue weighted by atomic mass is 10.2. The van der Waals surface area contributed by atoms with Crippen molar-refractivity contribution < 1.29 is 14.7 Å². The van der Waals surface area contributed by atoms with Gasteiger partial charge in [0.2, 0.25) is 0 Å². The molecule has 1 saturated heterocycles. The molecule has 2 N–H and O–H groups in total. The average Bonchev–Trinajstić information content (AvgIpc) is 2.95. The Morgan fingerprint density at radius 1 is 1.58 bits per heavy atom. The van der Waals surface area contributed by atoms with Crippen molar-refractivity contribution in [3.05, 3.63) is 28.0 Å². The number of thiophene rings is 1. The van der Waals surface area contributed by atoms with E-state index in [1.165, 1.54) is 17.4 Å². The third-order valence-corrected chi connectivity index (χ3v) is 3.90. The van der Waals surface area contributed by atoms with Crippen LogP contribution in [0.15, 0.2) is 17.5 Å². The maximum absolute atomic E-state index is 12.0. The molecule has 2 rings (SSSR count). The average molecular weight is 280 g/mol. The highest BCUT2D eigenvalue weighted by molar-refractivity contribution is 7.11. The van der Waals surface area contributed by atoms with Crippen LogP contribution in [0.1, 0.15) is 21.7 Å². The van der Waals surface area contributed by atoms with Gasteiger partial charge in [-0.3, -0.25) is 4.79 Å². The first-order valence-electron chi connectivity index (χ1n) is 6.03. The molecule has 0 radical (unpaired) electrons. The van der Waals surface area contributed by atoms with Gasteiger partial charge in [0, 0.05) is 28.9 Å². The molecule has 1 aliphatic rings. The van der Waals surface area contributed by atoms with Crippen molar-refractivity contribution in [1.29, 1.82) is 0 Å². The summed E-state index contributed by atoms with van der Waals surface area (Å²) in [5.41, 5.74) is 0.588. The fourth-order valence-electron chi connectivity index (χ4n) is 2.03. The van der Waals surface area contributed by atoms with E-state index < -0.39 is 5.97 Å². The molecule has 1 aromatic rings. The molecule has 6 heteroatoms. The minimum absolute atomic E-state index is 0.0912. The smallest absolute Gasteiger partial charge is 0.328 e. The van der Waals surface area contributed by atoms with E-state index in [2.05, 4.69) is 10.2 Å². The third kappa shape index (κ3) is 3.90. The lowest BCUT2D eigenvalue weighted by molar-refractivity contribution is -0.131. The van der Waals surface area contributed by atoms with Gasteiger partial charge in [-0.2, -0.15) is 0 Å². The zero-order valence-corrected chi connectivity index (χ0v) is 11.4. The zero-order chi connectivity index (χ0) is 13.8. The van der Waals surface area contributed by atoms with Gasteiger partial charge in [0.1, 0.15) is 0 Å². The SMILES string of the molecule is CN1CCC(NC(=O)c2csc(C=CC(=O)O)c2)C1. The van der Waals surface area contributed by atoms with Crippen LogP contribution in [0.5, 0.6) is 0 Å². The number of aliphatic carboxylic acids is 1. The standard InChI is InChI=1S/C13H16N2O3S/c1-15-5-4-10(7-15)14-13(18)9-6-11(19-8-9)2-3-12(16)17/h2-3,6,8,10H,4-5,7H2,1H3,(H,14,18)(H,16,17). The van der Waals surface area contributed by atoms with Crippen molar-refractivity contribution >= 4 is 29.3 Å². The first-order chi connectivity index (χ1) is 9.04. The van der Waals surface area contributed by atoms with Crippen LogP contribution in [0.2, 0.25) is 0 Å². The number of amides is 1. The van der Waals surface area contributed by atoms with Crippen LogP contribution < -0.4 is 5.32 Å². The number of hydrogen-bond donors (Lipinski definition) is 2. The van der Waals surface area contributed by atoms with Crippen molar-refractivity contribution in [3.8, 4) is 0 Å². The Kier molecular flexibility index (Phi) is 4.34. The summed E-state index contributed by atoms with van der Waals surface area (Å²) >= 11 is 1.36. The summed E-state index contributed by atoms with van der Waals surface area (Å²) in [5.74, 6) is -1.08. The van der Waals surface area contributed by atoms with Gasteiger partial charge in [0.25, 0.3) is 5.91 Å². The van der Waals surface area contributed by atoms with Gasteiger partial charge in [0.15, 0.2) is 0 Å². The Morgan fingerprint density at radius 3 is 3.00 bits per heavy atom. The van der Waals surface area contributed by atoms with Crippen LogP contribution in [0, 0.1) is 0 Å². The molecule has 0 aliphatic carbocycles. The summed E-state index contributed by atoms with van der Waals surface area (Å²) in [5, 5.41) is 13.3. The summed E-state index contributed by atoms with van der Waals surface area (Å²) in [6.07, 6.45) is 3.53. The maximum atomic E-state index is 12.0. The molecule has 2 heterocycles. The monoisotopic (exact) mass is 280 g/mol. The van der Waals surface area contributed by atoms with E-state index in [0.717, 1.165) is 30.5 Å². The summed E-state index contributed by atoms with van der Waals surface area (Å²) in [6, 6.07) is 1.91. The highest BCUT2D eigenvalue weighted by atomic mass is 32.1. The van der Waals surface area contributed by atoms with Crippen LogP contribution in [0.3, 0.4) is 0 Å². The van der Waals surface area contributed by atoms with E-state index in [1.54, 1.807) is 11.4 Å². The summed E-state index contributed by atoms with van der Waals surface area (Å²) in [6.45, 7) is 1.88. The van der Waals surface area contributed by atoms with Gasteiger partial charge in [-0.15, -0.1) is 11.3 Å². The molecule has 1 unspecified atom stereocenters. The molecule has 1 atom stereocenters. The number of carbonyl (C=O) groups is 2. The Hall–Kier alpha value is -1.66. The molecule has 1 amide bonds. The van der Waals surface area contributed by atoms with Crippen LogP contribution in [-0.2, 0) is 4.79 Å². The molecule has 0 saturated carbocycles. The fraction of sp³-hybridized carbons (Fsp3) is 0.385.